The maximum atomic E-state index is 10.5. The molecule has 1 aromatic carbocycles. The van der Waals surface area contributed by atoms with Gasteiger partial charge in [0.25, 0.3) is 0 Å². The van der Waals surface area contributed by atoms with Gasteiger partial charge in [0, 0.05) is 0 Å². The Labute approximate surface area is 155 Å². The molecule has 0 amide bonds. The average Bonchev–Trinajstić information content (AvgIpc) is 2.60. The van der Waals surface area contributed by atoms with Gasteiger partial charge in [-0.25, -0.2) is 0 Å². The monoisotopic (exact) mass is 399 g/mol. The van der Waals surface area contributed by atoms with Crippen molar-refractivity contribution in [2.75, 3.05) is 37.0 Å². The Morgan fingerprint density at radius 3 is 1.17 bits per heavy atom. The molecular weight excluding hydrogens is 365 g/mol. The van der Waals surface area contributed by atoms with Gasteiger partial charge in [-0.3, -0.25) is 0 Å². The van der Waals surface area contributed by atoms with E-state index in [4.69, 9.17) is 0 Å². The van der Waals surface area contributed by atoms with Crippen LogP contribution in [0.25, 0.3) is 0 Å². The summed E-state index contributed by atoms with van der Waals surface area (Å²) in [4.78, 5) is 10.5. The Morgan fingerprint density at radius 2 is 1.04 bits per heavy atom. The molecule has 0 aliphatic rings. The van der Waals surface area contributed by atoms with E-state index in [0.717, 1.165) is 0 Å². The second kappa shape index (κ2) is 18.6. The fraction of sp³-hybridized carbons (Fsp3) is 0.632. The predicted molar refractivity (Wildman–Crippen MR) is 108 cm³/mol. The summed E-state index contributed by atoms with van der Waals surface area (Å²) in [5, 5.41) is 0. The van der Waals surface area contributed by atoms with Crippen molar-refractivity contribution in [2.45, 2.75) is 41.5 Å². The van der Waals surface area contributed by atoms with Crippen molar-refractivity contribution in [2.24, 2.45) is 0 Å². The summed E-state index contributed by atoms with van der Waals surface area (Å²) in [5.74, 6) is 0. The van der Waals surface area contributed by atoms with Crippen LogP contribution in [-0.2, 0) is 15.5 Å². The maximum absolute atomic E-state index is 10.5. The third-order valence-corrected chi connectivity index (χ3v) is 9.32. The van der Waals surface area contributed by atoms with Crippen LogP contribution in [0.2, 0.25) is 0 Å². The molecule has 0 saturated carbocycles. The van der Waals surface area contributed by atoms with Crippen molar-refractivity contribution in [1.82, 2.24) is 0 Å². The molecule has 0 N–H and O–H groups in total. The third-order valence-electron chi connectivity index (χ3n) is 3.67. The summed E-state index contributed by atoms with van der Waals surface area (Å²) >= 11 is 4.12. The van der Waals surface area contributed by atoms with Crippen LogP contribution < -0.4 is 0 Å². The van der Waals surface area contributed by atoms with Crippen LogP contribution in [0.3, 0.4) is 0 Å². The van der Waals surface area contributed by atoms with Crippen molar-refractivity contribution in [3.05, 3.63) is 35.9 Å². The molecule has 0 saturated heterocycles. The molecule has 0 heterocycles. The first kappa shape index (κ1) is 25.5. The van der Waals surface area contributed by atoms with Gasteiger partial charge in [-0.15, -0.1) is 15.8 Å². The molecule has 0 fully saturated rings. The molecule has 0 aromatic heterocycles. The molecule has 0 unspecified atom stereocenters. The number of hydrogen-bond donors (Lipinski definition) is 0. The van der Waals surface area contributed by atoms with Crippen LogP contribution in [0.4, 0.5) is 0 Å². The average molecular weight is 400 g/mol. The fourth-order valence-electron chi connectivity index (χ4n) is 1.90. The Hall–Kier alpha value is 0.244. The Balaban J connectivity index is 0. The van der Waals surface area contributed by atoms with Crippen LogP contribution in [0.5, 0.6) is 0 Å². The standard InChI is InChI=1S/C7H5O.2C6H15P.Ni/c8-6-7-4-2-1-3-5-7;2*1-4-7(5-2)6-3;/h1-5H;2*4-6H2,1-3H3;. The molecule has 1 nitrogen and oxygen atoms in total. The van der Waals surface area contributed by atoms with Gasteiger partial charge in [0.15, 0.2) is 0 Å². The van der Waals surface area contributed by atoms with Gasteiger partial charge >= 0.3 is 60.9 Å². The summed E-state index contributed by atoms with van der Waals surface area (Å²) in [6.07, 6.45) is 8.51. The number of benzene rings is 1. The molecule has 0 aliphatic carbocycles. The van der Waals surface area contributed by atoms with Crippen molar-refractivity contribution in [1.29, 1.82) is 0 Å². The molecule has 4 heteroatoms. The molecule has 137 valence electrons. The van der Waals surface area contributed by atoms with Crippen LogP contribution in [0.1, 0.15) is 51.9 Å². The summed E-state index contributed by atoms with van der Waals surface area (Å²) in [7, 11) is 0.892. The van der Waals surface area contributed by atoms with Gasteiger partial charge in [-0.05, 0) is 37.0 Å². The van der Waals surface area contributed by atoms with E-state index in [1.807, 2.05) is 6.07 Å². The SMILES string of the molecule is CCP(CC)CC.CCP(CC)CC.O=[C]([Ni])c1ccccc1. The third kappa shape index (κ3) is 15.5. The van der Waals surface area contributed by atoms with Gasteiger partial charge in [0.1, 0.15) is 0 Å². The van der Waals surface area contributed by atoms with E-state index in [9.17, 15) is 4.79 Å². The van der Waals surface area contributed by atoms with E-state index in [1.165, 1.54) is 37.0 Å². The predicted octanol–water partition coefficient (Wildman–Crippen LogP) is 6.43. The van der Waals surface area contributed by atoms with E-state index in [2.05, 4.69) is 57.0 Å². The number of carbonyl (C=O) groups is 1. The van der Waals surface area contributed by atoms with E-state index >= 15 is 0 Å². The summed E-state index contributed by atoms with van der Waals surface area (Å²) in [5.41, 5.74) is 0.609. The molecule has 0 atom stereocenters. The first-order chi connectivity index (χ1) is 11.0. The van der Waals surface area contributed by atoms with E-state index in [0.29, 0.717) is 21.4 Å². The summed E-state index contributed by atoms with van der Waals surface area (Å²) in [6, 6.07) is 8.88. The Kier molecular flexibility index (Phi) is 20.6. The molecule has 0 spiro atoms. The van der Waals surface area contributed by atoms with Gasteiger partial charge in [0.05, 0.1) is 0 Å². The van der Waals surface area contributed by atoms with E-state index in [1.54, 1.807) is 24.3 Å². The zero-order chi connectivity index (χ0) is 18.1. The second-order valence-corrected chi connectivity index (χ2v) is 11.8. The normalized spacial score (nSPS) is 9.83. The van der Waals surface area contributed by atoms with Crippen LogP contribution in [-0.4, -0.2) is 41.7 Å². The zero-order valence-electron chi connectivity index (χ0n) is 15.7. The van der Waals surface area contributed by atoms with Gasteiger partial charge in [-0.1, -0.05) is 41.5 Å². The summed E-state index contributed by atoms with van der Waals surface area (Å²) in [6.45, 7) is 13.7. The zero-order valence-corrected chi connectivity index (χ0v) is 18.5. The van der Waals surface area contributed by atoms with Crippen molar-refractivity contribution in [3.63, 3.8) is 0 Å². The summed E-state index contributed by atoms with van der Waals surface area (Å²) < 4.78 is -0.254. The van der Waals surface area contributed by atoms with Crippen LogP contribution >= 0.6 is 15.8 Å². The first-order valence-electron chi connectivity index (χ1n) is 8.66. The minimum atomic E-state index is -0.254. The van der Waals surface area contributed by atoms with Crippen molar-refractivity contribution in [3.8, 4) is 0 Å². The molecule has 0 aliphatic heterocycles. The number of hydrogen-bond acceptors (Lipinski definition) is 1. The number of carbonyl (C=O) groups excluding carboxylic acids is 1. The van der Waals surface area contributed by atoms with E-state index in [-0.39, 0.29) is 4.75 Å². The Bertz CT molecular complexity index is 340. The van der Waals surface area contributed by atoms with Crippen molar-refractivity contribution < 1.29 is 20.3 Å². The second-order valence-electron chi connectivity index (χ2n) is 4.85. The molecular formula is C19H35NiOP2. The molecule has 1 rings (SSSR count). The molecule has 23 heavy (non-hydrogen) atoms. The molecule has 1 aromatic rings. The van der Waals surface area contributed by atoms with Crippen LogP contribution in [0.15, 0.2) is 30.3 Å². The quantitative estimate of drug-likeness (QED) is 0.381. The van der Waals surface area contributed by atoms with Gasteiger partial charge in [0.2, 0.25) is 0 Å². The van der Waals surface area contributed by atoms with Gasteiger partial charge < -0.3 is 0 Å². The van der Waals surface area contributed by atoms with Gasteiger partial charge in [-0.2, -0.15) is 0 Å². The first-order valence-corrected chi connectivity index (χ1v) is 13.0. The number of rotatable bonds is 7. The Morgan fingerprint density at radius 1 is 0.739 bits per heavy atom. The van der Waals surface area contributed by atoms with Crippen LogP contribution in [0, 0.1) is 0 Å². The molecule has 0 bridgehead atoms. The fourth-order valence-corrected chi connectivity index (χ4v) is 4.75. The van der Waals surface area contributed by atoms with E-state index < -0.39 is 0 Å². The topological polar surface area (TPSA) is 17.1 Å². The van der Waals surface area contributed by atoms with Crippen molar-refractivity contribution >= 4 is 20.6 Å². The molecule has 0 radical (unpaired) electrons. The minimum absolute atomic E-state index is 0.254.